The van der Waals surface area contributed by atoms with E-state index in [2.05, 4.69) is 46.6 Å². The normalized spacial score (nSPS) is 20.1. The van der Waals surface area contributed by atoms with Gasteiger partial charge in [-0.3, -0.25) is 0 Å². The van der Waals surface area contributed by atoms with Gasteiger partial charge in [0.1, 0.15) is 0 Å². The first-order valence-corrected chi connectivity index (χ1v) is 7.22. The molecule has 102 valence electrons. The van der Waals surface area contributed by atoms with Gasteiger partial charge in [0.15, 0.2) is 0 Å². The topological polar surface area (TPSA) is 24.5 Å². The minimum Gasteiger partial charge on any atom is -0.378 e. The summed E-state index contributed by atoms with van der Waals surface area (Å²) < 4.78 is 5.38. The molecule has 1 heterocycles. The smallest absolute Gasteiger partial charge is 0.0642 e. The number of rotatable bonds is 4. The lowest BCUT2D eigenvalue weighted by Crippen LogP contribution is -2.36. The zero-order chi connectivity index (χ0) is 12.9. The van der Waals surface area contributed by atoms with Gasteiger partial charge in [0.05, 0.1) is 13.2 Å². The van der Waals surface area contributed by atoms with Crippen LogP contribution in [0.5, 0.6) is 0 Å². The molecule has 3 rings (SSSR count). The van der Waals surface area contributed by atoms with Crippen molar-refractivity contribution < 1.29 is 4.74 Å². The van der Waals surface area contributed by atoms with E-state index in [1.165, 1.54) is 24.1 Å². The van der Waals surface area contributed by atoms with E-state index in [9.17, 15) is 0 Å². The van der Waals surface area contributed by atoms with E-state index >= 15 is 0 Å². The maximum Gasteiger partial charge on any atom is 0.0642 e. The number of anilines is 1. The fourth-order valence-electron chi connectivity index (χ4n) is 2.69. The summed E-state index contributed by atoms with van der Waals surface area (Å²) in [6.45, 7) is 4.67. The van der Waals surface area contributed by atoms with E-state index in [-0.39, 0.29) is 0 Å². The molecule has 0 amide bonds. The van der Waals surface area contributed by atoms with Crippen molar-refractivity contribution in [1.29, 1.82) is 0 Å². The van der Waals surface area contributed by atoms with Gasteiger partial charge in [0.25, 0.3) is 0 Å². The second-order valence-corrected chi connectivity index (χ2v) is 5.29. The lowest BCUT2D eigenvalue weighted by Gasteiger charge is -2.29. The molecule has 0 aromatic heterocycles. The Hall–Kier alpha value is -1.32. The van der Waals surface area contributed by atoms with Crippen LogP contribution in [0.3, 0.4) is 0 Å². The summed E-state index contributed by atoms with van der Waals surface area (Å²) in [7, 11) is 0. The Labute approximate surface area is 115 Å². The standard InChI is InChI=1S/C16H22N2O/c1-2-4-15(3-1)17-13-14-5-7-16(8-6-14)18-9-11-19-12-10-18/h1-2,5-8,15,17H,3-4,9-13H2. The van der Waals surface area contributed by atoms with E-state index < -0.39 is 0 Å². The molecule has 0 saturated carbocycles. The van der Waals surface area contributed by atoms with Gasteiger partial charge in [-0.25, -0.2) is 0 Å². The first-order valence-electron chi connectivity index (χ1n) is 7.22. The predicted octanol–water partition coefficient (Wildman–Crippen LogP) is 2.33. The molecule has 1 aliphatic heterocycles. The third kappa shape index (κ3) is 3.37. The Kier molecular flexibility index (Phi) is 4.16. The third-order valence-corrected chi connectivity index (χ3v) is 3.92. The summed E-state index contributed by atoms with van der Waals surface area (Å²) in [4.78, 5) is 2.39. The average molecular weight is 258 g/mol. The number of nitrogens with one attached hydrogen (secondary N) is 1. The van der Waals surface area contributed by atoms with Gasteiger partial charge >= 0.3 is 0 Å². The fraction of sp³-hybridized carbons (Fsp3) is 0.500. The fourth-order valence-corrected chi connectivity index (χ4v) is 2.69. The molecule has 1 aromatic carbocycles. The molecule has 0 bridgehead atoms. The maximum atomic E-state index is 5.38. The van der Waals surface area contributed by atoms with Gasteiger partial charge in [-0.2, -0.15) is 0 Å². The first kappa shape index (κ1) is 12.7. The van der Waals surface area contributed by atoms with Crippen LogP contribution in [-0.4, -0.2) is 32.3 Å². The van der Waals surface area contributed by atoms with Crippen molar-refractivity contribution >= 4 is 5.69 Å². The van der Waals surface area contributed by atoms with Gasteiger partial charge < -0.3 is 15.0 Å². The van der Waals surface area contributed by atoms with Crippen molar-refractivity contribution in [3.63, 3.8) is 0 Å². The highest BCUT2D eigenvalue weighted by atomic mass is 16.5. The highest BCUT2D eigenvalue weighted by Crippen LogP contribution is 2.17. The molecule has 0 unspecified atom stereocenters. The molecular formula is C16H22N2O. The Morgan fingerprint density at radius 1 is 1.05 bits per heavy atom. The number of morpholine rings is 1. The minimum absolute atomic E-state index is 0.638. The number of benzene rings is 1. The van der Waals surface area contributed by atoms with Crippen LogP contribution in [0.4, 0.5) is 5.69 Å². The molecule has 1 fully saturated rings. The van der Waals surface area contributed by atoms with Crippen LogP contribution < -0.4 is 10.2 Å². The second kappa shape index (κ2) is 6.22. The molecular weight excluding hydrogens is 236 g/mol. The van der Waals surface area contributed by atoms with Crippen molar-refractivity contribution in [3.05, 3.63) is 42.0 Å². The third-order valence-electron chi connectivity index (χ3n) is 3.92. The van der Waals surface area contributed by atoms with Crippen LogP contribution >= 0.6 is 0 Å². The monoisotopic (exact) mass is 258 g/mol. The summed E-state index contributed by atoms with van der Waals surface area (Å²) in [5, 5.41) is 3.60. The van der Waals surface area contributed by atoms with Gasteiger partial charge in [0.2, 0.25) is 0 Å². The molecule has 3 nitrogen and oxygen atoms in total. The highest BCUT2D eigenvalue weighted by molar-refractivity contribution is 5.47. The van der Waals surface area contributed by atoms with Crippen LogP contribution in [0.25, 0.3) is 0 Å². The molecule has 1 N–H and O–H groups in total. The van der Waals surface area contributed by atoms with Crippen LogP contribution in [0, 0.1) is 0 Å². The summed E-state index contributed by atoms with van der Waals surface area (Å²) in [5.41, 5.74) is 2.68. The zero-order valence-corrected chi connectivity index (χ0v) is 11.3. The Morgan fingerprint density at radius 3 is 2.42 bits per heavy atom. The van der Waals surface area contributed by atoms with Crippen molar-refractivity contribution in [2.75, 3.05) is 31.2 Å². The first-order chi connectivity index (χ1) is 9.42. The van der Waals surface area contributed by atoms with E-state index in [0.29, 0.717) is 6.04 Å². The predicted molar refractivity (Wildman–Crippen MR) is 78.5 cm³/mol. The van der Waals surface area contributed by atoms with Gasteiger partial charge in [-0.15, -0.1) is 0 Å². The summed E-state index contributed by atoms with van der Waals surface area (Å²) in [6.07, 6.45) is 6.87. The molecule has 3 heteroatoms. The molecule has 0 radical (unpaired) electrons. The molecule has 0 atom stereocenters. The summed E-state index contributed by atoms with van der Waals surface area (Å²) in [5.74, 6) is 0. The summed E-state index contributed by atoms with van der Waals surface area (Å²) in [6, 6.07) is 9.57. The van der Waals surface area contributed by atoms with Crippen LogP contribution in [-0.2, 0) is 11.3 Å². The maximum absolute atomic E-state index is 5.38. The molecule has 0 spiro atoms. The number of hydrogen-bond donors (Lipinski definition) is 1. The van der Waals surface area contributed by atoms with Gasteiger partial charge in [-0.1, -0.05) is 24.3 Å². The Balaban J connectivity index is 1.52. The van der Waals surface area contributed by atoms with Gasteiger partial charge in [0, 0.05) is 31.4 Å². The second-order valence-electron chi connectivity index (χ2n) is 5.29. The number of hydrogen-bond acceptors (Lipinski definition) is 3. The van der Waals surface area contributed by atoms with Crippen molar-refractivity contribution in [3.8, 4) is 0 Å². The zero-order valence-electron chi connectivity index (χ0n) is 11.3. The van der Waals surface area contributed by atoms with Crippen LogP contribution in [0.2, 0.25) is 0 Å². The number of ether oxygens (including phenoxy) is 1. The average Bonchev–Trinajstić information content (AvgIpc) is 3.00. The molecule has 2 aliphatic rings. The lowest BCUT2D eigenvalue weighted by atomic mass is 10.1. The quantitative estimate of drug-likeness (QED) is 0.839. The van der Waals surface area contributed by atoms with Crippen LogP contribution in [0.1, 0.15) is 18.4 Å². The van der Waals surface area contributed by atoms with Crippen molar-refractivity contribution in [2.45, 2.75) is 25.4 Å². The molecule has 1 aliphatic carbocycles. The van der Waals surface area contributed by atoms with Crippen LogP contribution in [0.15, 0.2) is 36.4 Å². The van der Waals surface area contributed by atoms with E-state index in [0.717, 1.165) is 32.8 Å². The molecule has 1 aromatic rings. The van der Waals surface area contributed by atoms with E-state index in [4.69, 9.17) is 4.74 Å². The molecule has 19 heavy (non-hydrogen) atoms. The molecule has 1 saturated heterocycles. The summed E-state index contributed by atoms with van der Waals surface area (Å²) >= 11 is 0. The Bertz CT molecular complexity index is 413. The number of nitrogens with zero attached hydrogens (tertiary/aromatic N) is 1. The Morgan fingerprint density at radius 2 is 1.74 bits per heavy atom. The van der Waals surface area contributed by atoms with E-state index in [1.54, 1.807) is 0 Å². The highest BCUT2D eigenvalue weighted by Gasteiger charge is 2.11. The minimum atomic E-state index is 0.638. The van der Waals surface area contributed by atoms with E-state index in [1.807, 2.05) is 0 Å². The lowest BCUT2D eigenvalue weighted by molar-refractivity contribution is 0.122. The largest absolute Gasteiger partial charge is 0.378 e. The van der Waals surface area contributed by atoms with Crippen molar-refractivity contribution in [2.24, 2.45) is 0 Å². The van der Waals surface area contributed by atoms with Gasteiger partial charge in [-0.05, 0) is 30.5 Å². The SMILES string of the molecule is C1=CCC(NCc2ccc(N3CCOCC3)cc2)C1. The van der Waals surface area contributed by atoms with Crippen molar-refractivity contribution in [1.82, 2.24) is 5.32 Å².